The van der Waals surface area contributed by atoms with Crippen molar-refractivity contribution in [3.05, 3.63) is 66.2 Å². The van der Waals surface area contributed by atoms with Crippen LogP contribution in [0, 0.1) is 0 Å². The molecule has 0 spiro atoms. The third-order valence-corrected chi connectivity index (χ3v) is 2.23. The molecule has 0 aliphatic heterocycles. The van der Waals surface area contributed by atoms with Gasteiger partial charge in [-0.1, -0.05) is 55.1 Å². The molecule has 2 nitrogen and oxygen atoms in total. The molecule has 82 valence electrons. The van der Waals surface area contributed by atoms with Gasteiger partial charge < -0.3 is 10.0 Å². The molecule has 16 heavy (non-hydrogen) atoms. The molecule has 0 bridgehead atoms. The summed E-state index contributed by atoms with van der Waals surface area (Å²) in [5, 5.41) is 17.7. The first kappa shape index (κ1) is 12.5. The summed E-state index contributed by atoms with van der Waals surface area (Å²) in [6, 6.07) is 9.87. The Morgan fingerprint density at radius 2 is 1.81 bits per heavy atom. The van der Waals surface area contributed by atoms with Gasteiger partial charge in [-0.2, -0.15) is 0 Å². The van der Waals surface area contributed by atoms with Crippen LogP contribution < -0.4 is 0 Å². The molecule has 0 unspecified atom stereocenters. The minimum Gasteiger partial charge on any atom is -0.423 e. The Kier molecular flexibility index (Phi) is 4.77. The first-order valence-electron chi connectivity index (χ1n) is 5.10. The lowest BCUT2D eigenvalue weighted by atomic mass is 9.80. The Hall–Kier alpha value is -1.58. The van der Waals surface area contributed by atoms with E-state index in [-0.39, 0.29) is 5.47 Å². The van der Waals surface area contributed by atoms with Crippen LogP contribution in [-0.4, -0.2) is 17.2 Å². The third-order valence-electron chi connectivity index (χ3n) is 2.23. The SMILES string of the molecule is C=C(/C=C\C(=C/C)c1ccccc1)B(O)O. The second-order valence-electron chi connectivity index (χ2n) is 3.39. The molecule has 2 N–H and O–H groups in total. The smallest absolute Gasteiger partial charge is 0.423 e. The Morgan fingerprint density at radius 3 is 2.31 bits per heavy atom. The summed E-state index contributed by atoms with van der Waals surface area (Å²) in [6.07, 6.45) is 5.38. The van der Waals surface area contributed by atoms with Crippen molar-refractivity contribution < 1.29 is 10.0 Å². The molecule has 0 heterocycles. The quantitative estimate of drug-likeness (QED) is 0.595. The van der Waals surface area contributed by atoms with E-state index in [0.717, 1.165) is 11.1 Å². The molecule has 0 amide bonds. The fourth-order valence-corrected chi connectivity index (χ4v) is 1.27. The van der Waals surface area contributed by atoms with Gasteiger partial charge in [-0.15, -0.1) is 0 Å². The first-order chi connectivity index (χ1) is 7.65. The zero-order chi connectivity index (χ0) is 12.0. The van der Waals surface area contributed by atoms with Crippen LogP contribution in [0.4, 0.5) is 0 Å². The van der Waals surface area contributed by atoms with Gasteiger partial charge in [-0.3, -0.25) is 0 Å². The highest BCUT2D eigenvalue weighted by Crippen LogP contribution is 2.15. The molecular formula is C13H15BO2. The van der Waals surface area contributed by atoms with E-state index in [1.165, 1.54) is 0 Å². The van der Waals surface area contributed by atoms with Crippen molar-refractivity contribution in [3.8, 4) is 0 Å². The Balaban J connectivity index is 2.83. The molecular weight excluding hydrogens is 199 g/mol. The largest absolute Gasteiger partial charge is 0.487 e. The molecule has 0 saturated heterocycles. The third kappa shape index (κ3) is 3.53. The van der Waals surface area contributed by atoms with E-state index < -0.39 is 7.12 Å². The molecule has 1 aromatic carbocycles. The molecule has 0 fully saturated rings. The summed E-state index contributed by atoms with van der Waals surface area (Å²) in [5.74, 6) is 0. The van der Waals surface area contributed by atoms with Crippen LogP contribution in [0.1, 0.15) is 12.5 Å². The van der Waals surface area contributed by atoms with Crippen molar-refractivity contribution in [1.82, 2.24) is 0 Å². The Morgan fingerprint density at radius 1 is 1.19 bits per heavy atom. The predicted octanol–water partition coefficient (Wildman–Crippen LogP) is 2.21. The molecule has 1 rings (SSSR count). The molecule has 0 atom stereocenters. The van der Waals surface area contributed by atoms with Crippen LogP contribution in [0.3, 0.4) is 0 Å². The van der Waals surface area contributed by atoms with Gasteiger partial charge >= 0.3 is 7.12 Å². The van der Waals surface area contributed by atoms with E-state index in [1.54, 1.807) is 6.08 Å². The van der Waals surface area contributed by atoms with Gasteiger partial charge in [0.2, 0.25) is 0 Å². The summed E-state index contributed by atoms with van der Waals surface area (Å²) in [6.45, 7) is 5.48. The van der Waals surface area contributed by atoms with Crippen molar-refractivity contribution in [2.75, 3.05) is 0 Å². The Labute approximate surface area is 96.4 Å². The lowest BCUT2D eigenvalue weighted by molar-refractivity contribution is 0.421. The van der Waals surface area contributed by atoms with E-state index in [2.05, 4.69) is 6.58 Å². The van der Waals surface area contributed by atoms with Crippen molar-refractivity contribution in [1.29, 1.82) is 0 Å². The van der Waals surface area contributed by atoms with Crippen LogP contribution in [0.25, 0.3) is 5.57 Å². The first-order valence-corrected chi connectivity index (χ1v) is 5.10. The average Bonchev–Trinajstić information content (AvgIpc) is 2.30. The maximum absolute atomic E-state index is 8.86. The lowest BCUT2D eigenvalue weighted by Gasteiger charge is -2.02. The van der Waals surface area contributed by atoms with Crippen LogP contribution in [0.2, 0.25) is 0 Å². The van der Waals surface area contributed by atoms with Crippen LogP contribution >= 0.6 is 0 Å². The number of hydrogen-bond donors (Lipinski definition) is 2. The predicted molar refractivity (Wildman–Crippen MR) is 68.6 cm³/mol. The average molecular weight is 214 g/mol. The van der Waals surface area contributed by atoms with Gasteiger partial charge in [0.05, 0.1) is 0 Å². The van der Waals surface area contributed by atoms with E-state index in [4.69, 9.17) is 10.0 Å². The zero-order valence-corrected chi connectivity index (χ0v) is 9.30. The van der Waals surface area contributed by atoms with Gasteiger partial charge in [-0.25, -0.2) is 0 Å². The topological polar surface area (TPSA) is 40.5 Å². The highest BCUT2D eigenvalue weighted by Gasteiger charge is 2.08. The zero-order valence-electron chi connectivity index (χ0n) is 9.30. The van der Waals surface area contributed by atoms with E-state index in [9.17, 15) is 0 Å². The van der Waals surface area contributed by atoms with Crippen LogP contribution in [0.5, 0.6) is 0 Å². The van der Waals surface area contributed by atoms with E-state index in [0.29, 0.717) is 0 Å². The molecule has 0 saturated carbocycles. The summed E-state index contributed by atoms with van der Waals surface area (Å²) in [7, 11) is -1.50. The van der Waals surface area contributed by atoms with Crippen molar-refractivity contribution in [3.63, 3.8) is 0 Å². The summed E-state index contributed by atoms with van der Waals surface area (Å²) in [4.78, 5) is 0. The van der Waals surface area contributed by atoms with Gasteiger partial charge in [0, 0.05) is 0 Å². The van der Waals surface area contributed by atoms with Gasteiger partial charge in [-0.05, 0) is 23.5 Å². The second kappa shape index (κ2) is 6.11. The van der Waals surface area contributed by atoms with Gasteiger partial charge in [0.15, 0.2) is 0 Å². The lowest BCUT2D eigenvalue weighted by Crippen LogP contribution is -2.12. The molecule has 0 aliphatic carbocycles. The minimum absolute atomic E-state index is 0.273. The van der Waals surface area contributed by atoms with Crippen LogP contribution in [0.15, 0.2) is 60.6 Å². The minimum atomic E-state index is -1.50. The second-order valence-corrected chi connectivity index (χ2v) is 3.39. The van der Waals surface area contributed by atoms with E-state index in [1.807, 2.05) is 49.4 Å². The number of benzene rings is 1. The van der Waals surface area contributed by atoms with Crippen LogP contribution in [-0.2, 0) is 0 Å². The fourth-order valence-electron chi connectivity index (χ4n) is 1.27. The Bertz CT molecular complexity index is 405. The normalized spacial score (nSPS) is 11.8. The summed E-state index contributed by atoms with van der Waals surface area (Å²) < 4.78 is 0. The maximum Gasteiger partial charge on any atom is 0.487 e. The molecule has 0 aromatic heterocycles. The van der Waals surface area contributed by atoms with Crippen molar-refractivity contribution >= 4 is 12.7 Å². The summed E-state index contributed by atoms with van der Waals surface area (Å²) >= 11 is 0. The van der Waals surface area contributed by atoms with Crippen molar-refractivity contribution in [2.45, 2.75) is 6.92 Å². The monoisotopic (exact) mass is 214 g/mol. The molecule has 1 aromatic rings. The molecule has 3 heteroatoms. The number of allylic oxidation sites excluding steroid dienone is 5. The fraction of sp³-hybridized carbons (Fsp3) is 0.0769. The molecule has 0 aliphatic rings. The molecule has 0 radical (unpaired) electrons. The standard InChI is InChI=1S/C13H15BO2/c1-3-12(10-9-11(2)14(15)16)13-7-5-4-6-8-13/h3-10,15-16H,2H2,1H3/b10-9-,12-3+. The maximum atomic E-state index is 8.86. The summed E-state index contributed by atoms with van der Waals surface area (Å²) in [5.41, 5.74) is 2.37. The van der Waals surface area contributed by atoms with E-state index >= 15 is 0 Å². The number of rotatable bonds is 4. The number of hydrogen-bond acceptors (Lipinski definition) is 2. The van der Waals surface area contributed by atoms with Gasteiger partial charge in [0.25, 0.3) is 0 Å². The van der Waals surface area contributed by atoms with Gasteiger partial charge in [0.1, 0.15) is 0 Å². The highest BCUT2D eigenvalue weighted by molar-refractivity contribution is 6.51. The highest BCUT2D eigenvalue weighted by atomic mass is 16.4. The van der Waals surface area contributed by atoms with Crippen molar-refractivity contribution in [2.24, 2.45) is 0 Å².